The molecule has 1 saturated carbocycles. The quantitative estimate of drug-likeness (QED) is 0.735. The van der Waals surface area contributed by atoms with Crippen molar-refractivity contribution in [1.29, 1.82) is 5.26 Å². The minimum Gasteiger partial charge on any atom is -0.349 e. The molecule has 1 aliphatic heterocycles. The van der Waals surface area contributed by atoms with Gasteiger partial charge in [0.15, 0.2) is 5.78 Å². The van der Waals surface area contributed by atoms with Gasteiger partial charge in [0.25, 0.3) is 5.91 Å². The number of nitrogens with one attached hydrogen (secondary N) is 1. The van der Waals surface area contributed by atoms with Crippen LogP contribution in [0.25, 0.3) is 0 Å². The van der Waals surface area contributed by atoms with Gasteiger partial charge in [-0.1, -0.05) is 12.1 Å². The van der Waals surface area contributed by atoms with E-state index in [1.54, 1.807) is 12.1 Å². The molecule has 2 aromatic rings. The molecule has 1 amide bonds. The van der Waals surface area contributed by atoms with Crippen LogP contribution in [0.4, 0.5) is 0 Å². The fraction of sp³-hybridized carbons (Fsp3) is 0.250. The number of benzene rings is 2. The molecule has 4 rings (SSSR count). The van der Waals surface area contributed by atoms with Crippen molar-refractivity contribution in [3.05, 3.63) is 59.2 Å². The fourth-order valence-corrected chi connectivity index (χ4v) is 5.40. The highest BCUT2D eigenvalue weighted by Gasteiger charge is 2.35. The average molecular weight is 380 g/mol. The molecule has 0 saturated heterocycles. The van der Waals surface area contributed by atoms with Crippen molar-refractivity contribution in [2.24, 2.45) is 5.92 Å². The number of hydrogen-bond donors (Lipinski definition) is 1. The van der Waals surface area contributed by atoms with Crippen molar-refractivity contribution >= 4 is 21.5 Å². The molecular formula is C20H16N2O4S. The third-order valence-corrected chi connectivity index (χ3v) is 7.00. The zero-order valence-electron chi connectivity index (χ0n) is 14.3. The second-order valence-electron chi connectivity index (χ2n) is 6.85. The third-order valence-electron chi connectivity index (χ3n) is 5.15. The Labute approximate surface area is 156 Å². The van der Waals surface area contributed by atoms with E-state index in [0.29, 0.717) is 6.42 Å². The van der Waals surface area contributed by atoms with Crippen LogP contribution in [-0.4, -0.2) is 26.2 Å². The van der Waals surface area contributed by atoms with Gasteiger partial charge in [-0.2, -0.15) is 5.26 Å². The molecule has 1 fully saturated rings. The first-order valence-corrected chi connectivity index (χ1v) is 10.1. The Bertz CT molecular complexity index is 1120. The van der Waals surface area contributed by atoms with Gasteiger partial charge in [-0.3, -0.25) is 9.59 Å². The zero-order chi connectivity index (χ0) is 19.2. The molecule has 136 valence electrons. The summed E-state index contributed by atoms with van der Waals surface area (Å²) in [5, 5.41) is 11.8. The fourth-order valence-electron chi connectivity index (χ4n) is 3.72. The SMILES string of the molecule is N#C[C@@H]1CC[C@@H](NC(=O)c2ccc3c(c2)S(=O)(=O)c2ccccc2C3=O)C1. The first kappa shape index (κ1) is 17.4. The normalized spacial score (nSPS) is 22.4. The van der Waals surface area contributed by atoms with Crippen LogP contribution in [0.2, 0.25) is 0 Å². The number of hydrogen-bond acceptors (Lipinski definition) is 5. The summed E-state index contributed by atoms with van der Waals surface area (Å²) in [6.45, 7) is 0. The van der Waals surface area contributed by atoms with E-state index >= 15 is 0 Å². The summed E-state index contributed by atoms with van der Waals surface area (Å²) in [5.41, 5.74) is 0.413. The molecule has 0 spiro atoms. The number of nitriles is 1. The third kappa shape index (κ3) is 2.82. The highest BCUT2D eigenvalue weighted by molar-refractivity contribution is 7.91. The van der Waals surface area contributed by atoms with Crippen molar-refractivity contribution in [2.45, 2.75) is 35.1 Å². The summed E-state index contributed by atoms with van der Waals surface area (Å²) < 4.78 is 25.8. The van der Waals surface area contributed by atoms with Crippen LogP contribution in [0.5, 0.6) is 0 Å². The van der Waals surface area contributed by atoms with Crippen LogP contribution in [0.1, 0.15) is 45.5 Å². The van der Waals surface area contributed by atoms with Crippen LogP contribution in [0, 0.1) is 17.2 Å². The van der Waals surface area contributed by atoms with Crippen molar-refractivity contribution in [3.8, 4) is 6.07 Å². The summed E-state index contributed by atoms with van der Waals surface area (Å²) in [4.78, 5) is 25.0. The van der Waals surface area contributed by atoms with E-state index in [1.165, 1.54) is 30.3 Å². The number of rotatable bonds is 2. The predicted octanol–water partition coefficient (Wildman–Crippen LogP) is 2.49. The highest BCUT2D eigenvalue weighted by atomic mass is 32.2. The summed E-state index contributed by atoms with van der Waals surface area (Å²) in [5.74, 6) is -0.828. The van der Waals surface area contributed by atoms with E-state index in [2.05, 4.69) is 11.4 Å². The van der Waals surface area contributed by atoms with Crippen LogP contribution in [0.3, 0.4) is 0 Å². The summed E-state index contributed by atoms with van der Waals surface area (Å²) in [6.07, 6.45) is 2.06. The van der Waals surface area contributed by atoms with Crippen LogP contribution >= 0.6 is 0 Å². The summed E-state index contributed by atoms with van der Waals surface area (Å²) in [6, 6.07) is 12.3. The Kier molecular flexibility index (Phi) is 4.08. The van der Waals surface area contributed by atoms with Crippen LogP contribution in [0.15, 0.2) is 52.3 Å². The second-order valence-corrected chi connectivity index (χ2v) is 8.74. The molecule has 6 nitrogen and oxygen atoms in total. The number of nitrogens with zero attached hydrogens (tertiary/aromatic N) is 1. The monoisotopic (exact) mass is 380 g/mol. The molecule has 2 aliphatic rings. The largest absolute Gasteiger partial charge is 0.349 e. The number of carbonyl (C=O) groups excluding carboxylic acids is 2. The van der Waals surface area contributed by atoms with E-state index in [0.717, 1.165) is 12.8 Å². The molecule has 2 atom stereocenters. The molecule has 1 N–H and O–H groups in total. The molecule has 7 heteroatoms. The molecule has 1 heterocycles. The molecule has 0 unspecified atom stereocenters. The van der Waals surface area contributed by atoms with E-state index in [-0.39, 0.29) is 44.2 Å². The van der Waals surface area contributed by atoms with Gasteiger partial charge in [0, 0.05) is 28.7 Å². The van der Waals surface area contributed by atoms with Crippen molar-refractivity contribution in [3.63, 3.8) is 0 Å². The zero-order valence-corrected chi connectivity index (χ0v) is 15.1. The van der Waals surface area contributed by atoms with Crippen molar-refractivity contribution < 1.29 is 18.0 Å². The van der Waals surface area contributed by atoms with E-state index in [4.69, 9.17) is 5.26 Å². The maximum Gasteiger partial charge on any atom is 0.251 e. The van der Waals surface area contributed by atoms with Gasteiger partial charge >= 0.3 is 0 Å². The standard InChI is InChI=1S/C20H16N2O4S/c21-11-12-5-7-14(9-12)22-20(24)13-6-8-16-18(10-13)27(25,26)17-4-2-1-3-15(17)19(16)23/h1-4,6,8,10,12,14H,5,7,9H2,(H,22,24)/t12-,14-/m1/s1. The Balaban J connectivity index is 1.68. The van der Waals surface area contributed by atoms with Gasteiger partial charge in [-0.25, -0.2) is 8.42 Å². The van der Waals surface area contributed by atoms with Gasteiger partial charge in [0.2, 0.25) is 9.84 Å². The van der Waals surface area contributed by atoms with Gasteiger partial charge in [-0.15, -0.1) is 0 Å². The topological polar surface area (TPSA) is 104 Å². The van der Waals surface area contributed by atoms with Crippen molar-refractivity contribution in [1.82, 2.24) is 5.32 Å². The van der Waals surface area contributed by atoms with Crippen LogP contribution in [-0.2, 0) is 9.84 Å². The number of fused-ring (bicyclic) bond motifs is 2. The number of sulfone groups is 1. The average Bonchev–Trinajstić information content (AvgIpc) is 3.13. The molecule has 27 heavy (non-hydrogen) atoms. The highest BCUT2D eigenvalue weighted by Crippen LogP contribution is 2.35. The number of ketones is 1. The van der Waals surface area contributed by atoms with Crippen molar-refractivity contribution in [2.75, 3.05) is 0 Å². The summed E-state index contributed by atoms with van der Waals surface area (Å²) in [7, 11) is -3.87. The Morgan fingerprint density at radius 1 is 1.07 bits per heavy atom. The van der Waals surface area contributed by atoms with Gasteiger partial charge in [-0.05, 0) is 49.6 Å². The van der Waals surface area contributed by atoms with Gasteiger partial charge in [0.05, 0.1) is 15.9 Å². The second kappa shape index (κ2) is 6.32. The summed E-state index contributed by atoms with van der Waals surface area (Å²) >= 11 is 0. The number of amides is 1. The molecule has 0 bridgehead atoms. The lowest BCUT2D eigenvalue weighted by Gasteiger charge is -2.19. The Morgan fingerprint density at radius 3 is 2.56 bits per heavy atom. The lowest BCUT2D eigenvalue weighted by Crippen LogP contribution is -2.33. The molecule has 0 aromatic heterocycles. The Morgan fingerprint density at radius 2 is 1.81 bits per heavy atom. The maximum absolute atomic E-state index is 12.9. The number of carbonyl (C=O) groups is 2. The first-order chi connectivity index (χ1) is 12.9. The molecule has 2 aromatic carbocycles. The van der Waals surface area contributed by atoms with Gasteiger partial charge < -0.3 is 5.32 Å². The van der Waals surface area contributed by atoms with Crippen LogP contribution < -0.4 is 5.32 Å². The lowest BCUT2D eigenvalue weighted by molar-refractivity contribution is 0.0935. The molecule has 1 aliphatic carbocycles. The predicted molar refractivity (Wildman–Crippen MR) is 96.0 cm³/mol. The smallest absolute Gasteiger partial charge is 0.251 e. The Hall–Kier alpha value is -2.98. The minimum atomic E-state index is -3.87. The lowest BCUT2D eigenvalue weighted by atomic mass is 10.0. The minimum absolute atomic E-state index is 0.0345. The molecule has 0 radical (unpaired) electrons. The van der Waals surface area contributed by atoms with Gasteiger partial charge in [0.1, 0.15) is 0 Å². The first-order valence-electron chi connectivity index (χ1n) is 8.65. The maximum atomic E-state index is 12.9. The van der Waals surface area contributed by atoms with E-state index in [9.17, 15) is 18.0 Å². The van der Waals surface area contributed by atoms with E-state index < -0.39 is 15.7 Å². The van der Waals surface area contributed by atoms with E-state index in [1.807, 2.05) is 0 Å². The molecular weight excluding hydrogens is 364 g/mol.